The lowest BCUT2D eigenvalue weighted by atomic mass is 10.1. The van der Waals surface area contributed by atoms with Crippen LogP contribution in [0.2, 0.25) is 5.02 Å². The molecule has 102 valence electrons. The maximum atomic E-state index is 13.5. The van der Waals surface area contributed by atoms with Gasteiger partial charge in [0.25, 0.3) is 0 Å². The van der Waals surface area contributed by atoms with Gasteiger partial charge in [-0.2, -0.15) is 0 Å². The molecule has 1 unspecified atom stereocenters. The molecule has 2 N–H and O–H groups in total. The molecule has 0 spiro atoms. The van der Waals surface area contributed by atoms with Gasteiger partial charge < -0.3 is 5.11 Å². The minimum absolute atomic E-state index is 0.118. The fourth-order valence-electron chi connectivity index (χ4n) is 1.15. The van der Waals surface area contributed by atoms with Crippen molar-refractivity contribution in [2.24, 2.45) is 0 Å². The third-order valence-corrected chi connectivity index (χ3v) is 4.26. The molecular weight excluding hydrogens is 281 g/mol. The summed E-state index contributed by atoms with van der Waals surface area (Å²) < 4.78 is 39.3. The van der Waals surface area contributed by atoms with E-state index in [0.29, 0.717) is 6.42 Å². The van der Waals surface area contributed by atoms with E-state index in [9.17, 15) is 17.9 Å². The first-order chi connectivity index (χ1) is 8.18. The van der Waals surface area contributed by atoms with E-state index in [0.717, 1.165) is 12.1 Å². The Kier molecular flexibility index (Phi) is 4.72. The molecular formula is C11H15ClFNO3S. The fraction of sp³-hybridized carbons (Fsp3) is 0.455. The number of aliphatic hydroxyl groups is 1. The first-order valence-electron chi connectivity index (χ1n) is 5.35. The van der Waals surface area contributed by atoms with Crippen LogP contribution in [0, 0.1) is 5.82 Å². The van der Waals surface area contributed by atoms with Gasteiger partial charge in [-0.25, -0.2) is 17.5 Å². The van der Waals surface area contributed by atoms with Gasteiger partial charge in [0.2, 0.25) is 10.0 Å². The Morgan fingerprint density at radius 2 is 2.11 bits per heavy atom. The SMILES string of the molecule is CCC(C)(O)CNS(=O)(=O)c1ccc(Cl)cc1F. The van der Waals surface area contributed by atoms with Crippen molar-refractivity contribution in [1.29, 1.82) is 0 Å². The summed E-state index contributed by atoms with van der Waals surface area (Å²) in [5.74, 6) is -0.925. The van der Waals surface area contributed by atoms with Crippen LogP contribution in [-0.2, 0) is 10.0 Å². The smallest absolute Gasteiger partial charge is 0.243 e. The van der Waals surface area contributed by atoms with E-state index in [1.54, 1.807) is 6.92 Å². The van der Waals surface area contributed by atoms with Gasteiger partial charge in [-0.3, -0.25) is 0 Å². The lowest BCUT2D eigenvalue weighted by Gasteiger charge is -2.21. The average molecular weight is 296 g/mol. The lowest BCUT2D eigenvalue weighted by Crippen LogP contribution is -2.40. The van der Waals surface area contributed by atoms with Gasteiger partial charge in [-0.1, -0.05) is 18.5 Å². The average Bonchev–Trinajstić information content (AvgIpc) is 2.26. The Morgan fingerprint density at radius 1 is 1.50 bits per heavy atom. The Balaban J connectivity index is 2.94. The number of nitrogens with one attached hydrogen (secondary N) is 1. The summed E-state index contributed by atoms with van der Waals surface area (Å²) in [4.78, 5) is -0.487. The molecule has 0 radical (unpaired) electrons. The molecule has 0 bridgehead atoms. The molecule has 1 atom stereocenters. The number of hydrogen-bond acceptors (Lipinski definition) is 3. The number of sulfonamides is 1. The molecule has 0 heterocycles. The topological polar surface area (TPSA) is 66.4 Å². The predicted octanol–water partition coefficient (Wildman–Crippen LogP) is 1.92. The summed E-state index contributed by atoms with van der Waals surface area (Å²) in [6.07, 6.45) is 0.374. The van der Waals surface area contributed by atoms with Crippen LogP contribution in [0.4, 0.5) is 4.39 Å². The highest BCUT2D eigenvalue weighted by Gasteiger charge is 2.24. The van der Waals surface area contributed by atoms with E-state index in [4.69, 9.17) is 11.6 Å². The van der Waals surface area contributed by atoms with Gasteiger partial charge in [0.05, 0.1) is 5.60 Å². The van der Waals surface area contributed by atoms with Gasteiger partial charge in [-0.15, -0.1) is 0 Å². The molecule has 0 fully saturated rings. The number of rotatable bonds is 5. The molecule has 1 rings (SSSR count). The Labute approximate surface area is 111 Å². The highest BCUT2D eigenvalue weighted by Crippen LogP contribution is 2.19. The number of benzene rings is 1. The third-order valence-electron chi connectivity index (χ3n) is 2.59. The molecule has 0 saturated heterocycles. The fourth-order valence-corrected chi connectivity index (χ4v) is 2.52. The van der Waals surface area contributed by atoms with Crippen LogP contribution in [0.5, 0.6) is 0 Å². The van der Waals surface area contributed by atoms with Gasteiger partial charge in [0.15, 0.2) is 0 Å². The van der Waals surface area contributed by atoms with Crippen LogP contribution >= 0.6 is 11.6 Å². The second kappa shape index (κ2) is 5.52. The van der Waals surface area contributed by atoms with Crippen molar-refractivity contribution in [3.05, 3.63) is 29.0 Å². The van der Waals surface area contributed by atoms with Crippen LogP contribution < -0.4 is 4.72 Å². The van der Waals surface area contributed by atoms with E-state index in [1.165, 1.54) is 13.0 Å². The zero-order valence-corrected chi connectivity index (χ0v) is 11.6. The van der Waals surface area contributed by atoms with Crippen molar-refractivity contribution in [3.63, 3.8) is 0 Å². The molecule has 0 aliphatic rings. The Bertz CT molecular complexity index is 531. The predicted molar refractivity (Wildman–Crippen MR) is 67.5 cm³/mol. The zero-order chi connectivity index (χ0) is 14.0. The first-order valence-corrected chi connectivity index (χ1v) is 7.21. The first kappa shape index (κ1) is 15.4. The van der Waals surface area contributed by atoms with E-state index in [-0.39, 0.29) is 11.6 Å². The molecule has 18 heavy (non-hydrogen) atoms. The van der Waals surface area contributed by atoms with Crippen LogP contribution in [0.15, 0.2) is 23.1 Å². The van der Waals surface area contributed by atoms with Crippen molar-refractivity contribution < 1.29 is 17.9 Å². The number of hydrogen-bond donors (Lipinski definition) is 2. The zero-order valence-electron chi connectivity index (χ0n) is 10.1. The summed E-state index contributed by atoms with van der Waals surface area (Å²) in [5, 5.41) is 9.82. The highest BCUT2D eigenvalue weighted by atomic mass is 35.5. The van der Waals surface area contributed by atoms with Crippen molar-refractivity contribution in [3.8, 4) is 0 Å². The maximum absolute atomic E-state index is 13.5. The largest absolute Gasteiger partial charge is 0.389 e. The van der Waals surface area contributed by atoms with E-state index in [2.05, 4.69) is 4.72 Å². The van der Waals surface area contributed by atoms with Gasteiger partial charge in [-0.05, 0) is 31.5 Å². The molecule has 4 nitrogen and oxygen atoms in total. The van der Waals surface area contributed by atoms with Gasteiger partial charge >= 0.3 is 0 Å². The lowest BCUT2D eigenvalue weighted by molar-refractivity contribution is 0.0613. The molecule has 0 saturated carbocycles. The monoisotopic (exact) mass is 295 g/mol. The van der Waals surface area contributed by atoms with Gasteiger partial charge in [0.1, 0.15) is 10.7 Å². The normalized spacial score (nSPS) is 15.4. The highest BCUT2D eigenvalue weighted by molar-refractivity contribution is 7.89. The standard InChI is InChI=1S/C11H15ClFNO3S/c1-3-11(2,15)7-14-18(16,17)10-5-4-8(12)6-9(10)13/h4-6,14-15H,3,7H2,1-2H3. The molecule has 1 aromatic rings. The molecule has 1 aromatic carbocycles. The summed E-state index contributed by atoms with van der Waals surface area (Å²) >= 11 is 5.54. The summed E-state index contributed by atoms with van der Waals surface area (Å²) in [6, 6.07) is 3.30. The van der Waals surface area contributed by atoms with Crippen LogP contribution in [0.25, 0.3) is 0 Å². The Morgan fingerprint density at radius 3 is 2.61 bits per heavy atom. The third kappa shape index (κ3) is 3.91. The molecule has 7 heteroatoms. The van der Waals surface area contributed by atoms with Crippen LogP contribution in [-0.4, -0.2) is 25.7 Å². The second-order valence-corrected chi connectivity index (χ2v) is 6.42. The minimum Gasteiger partial charge on any atom is -0.389 e. The summed E-state index contributed by atoms with van der Waals surface area (Å²) in [7, 11) is -3.99. The Hall–Kier alpha value is -0.690. The van der Waals surface area contributed by atoms with E-state index < -0.39 is 26.3 Å². The van der Waals surface area contributed by atoms with Crippen LogP contribution in [0.3, 0.4) is 0 Å². The van der Waals surface area contributed by atoms with E-state index >= 15 is 0 Å². The summed E-state index contributed by atoms with van der Waals surface area (Å²) in [5.41, 5.74) is -1.17. The second-order valence-electron chi connectivity index (χ2n) is 4.25. The number of halogens is 2. The molecule has 0 aromatic heterocycles. The molecule has 0 aliphatic carbocycles. The quantitative estimate of drug-likeness (QED) is 0.872. The van der Waals surface area contributed by atoms with E-state index in [1.807, 2.05) is 0 Å². The van der Waals surface area contributed by atoms with Crippen molar-refractivity contribution in [2.45, 2.75) is 30.8 Å². The van der Waals surface area contributed by atoms with Gasteiger partial charge in [0, 0.05) is 11.6 Å². The van der Waals surface area contributed by atoms with Crippen LogP contribution in [0.1, 0.15) is 20.3 Å². The maximum Gasteiger partial charge on any atom is 0.243 e. The van der Waals surface area contributed by atoms with Crippen molar-refractivity contribution in [2.75, 3.05) is 6.54 Å². The molecule has 0 aliphatic heterocycles. The minimum atomic E-state index is -3.99. The summed E-state index contributed by atoms with van der Waals surface area (Å²) in [6.45, 7) is 3.03. The van der Waals surface area contributed by atoms with Crippen molar-refractivity contribution in [1.82, 2.24) is 4.72 Å². The van der Waals surface area contributed by atoms with Crippen molar-refractivity contribution >= 4 is 21.6 Å². The molecule has 0 amide bonds.